The molecule has 15 atom stereocenters. The number of aliphatic hydroxyl groups is 8. The number of unbranched alkanes of at least 4 members (excludes halogenated alkanes) is 2. The van der Waals surface area contributed by atoms with Crippen LogP contribution in [0.15, 0.2) is 77.3 Å². The number of aliphatic hydroxyl groups excluding tert-OH is 8. The Hall–Kier alpha value is -7.38. The van der Waals surface area contributed by atoms with Crippen LogP contribution in [0.4, 0.5) is 0 Å². The minimum Gasteiger partial charge on any atom is -0.716 e. The van der Waals surface area contributed by atoms with Crippen molar-refractivity contribution < 1.29 is 140 Å². The molecule has 0 spiro atoms. The number of phenols is 1. The summed E-state index contributed by atoms with van der Waals surface area (Å²) in [5.41, 5.74) is 6.13. The molecule has 7 rings (SSSR count). The predicted molar refractivity (Wildman–Crippen MR) is 302 cm³/mol. The van der Waals surface area contributed by atoms with E-state index in [9.17, 15) is 97.3 Å². The monoisotopic (exact) mass is 1290 g/mol. The second-order valence-electron chi connectivity index (χ2n) is 21.9. The minimum absolute atomic E-state index is 0. The molecular formula is C56H70N9NaO23S. The first-order valence-corrected chi connectivity index (χ1v) is 29.4. The third-order valence-corrected chi connectivity index (χ3v) is 15.6. The topological polar surface area (TPSA) is 513 Å². The molecule has 3 aliphatic heterocycles. The molecule has 4 aromatic rings. The van der Waals surface area contributed by atoms with E-state index in [0.29, 0.717) is 56.9 Å². The molecule has 3 aromatic carbocycles. The molecule has 484 valence electrons. The van der Waals surface area contributed by atoms with Crippen LogP contribution in [0.2, 0.25) is 0 Å². The predicted octanol–water partition coefficient (Wildman–Crippen LogP) is -7.24. The largest absolute Gasteiger partial charge is 1.00 e. The van der Waals surface area contributed by atoms with Gasteiger partial charge in [-0.15, -0.1) is 0 Å². The number of nitrogens with one attached hydrogen (secondary N) is 5. The third-order valence-electron chi connectivity index (χ3n) is 15.2. The number of aromatic hydroxyl groups is 1. The van der Waals surface area contributed by atoms with Crippen LogP contribution in [0.25, 0.3) is 22.6 Å². The summed E-state index contributed by atoms with van der Waals surface area (Å²) in [5.74, 6) is -13.0. The van der Waals surface area contributed by atoms with Crippen LogP contribution in [-0.4, -0.2) is 220 Å². The van der Waals surface area contributed by atoms with E-state index in [-0.39, 0.29) is 35.1 Å². The maximum atomic E-state index is 14.7. The number of hydrogen-bond donors (Lipinski definition) is 15. The van der Waals surface area contributed by atoms with Crippen LogP contribution in [0.5, 0.6) is 17.2 Å². The molecule has 0 aliphatic carbocycles. The van der Waals surface area contributed by atoms with Gasteiger partial charge in [0, 0.05) is 54.6 Å². The molecule has 0 saturated carbocycles. The van der Waals surface area contributed by atoms with Gasteiger partial charge in [0.15, 0.2) is 23.5 Å². The fourth-order valence-electron chi connectivity index (χ4n) is 10.3. The Labute approximate surface area is 536 Å². The van der Waals surface area contributed by atoms with Crippen LogP contribution in [0, 0.1) is 5.92 Å². The van der Waals surface area contributed by atoms with Gasteiger partial charge in [0.25, 0.3) is 16.3 Å². The number of nitrogens with two attached hydrogens (primary N) is 1. The number of benzene rings is 3. The Morgan fingerprint density at radius 1 is 0.800 bits per heavy atom. The molecule has 8 amide bonds. The van der Waals surface area contributed by atoms with Crippen LogP contribution in [-0.2, 0) is 44.0 Å². The number of nitrogens with zero attached hydrogens (tertiary/aromatic N) is 3. The molecule has 3 fully saturated rings. The van der Waals surface area contributed by atoms with Gasteiger partial charge in [0.1, 0.15) is 66.0 Å². The van der Waals surface area contributed by atoms with Gasteiger partial charge in [-0.3, -0.25) is 38.4 Å². The molecule has 34 heteroatoms. The molecule has 3 saturated heterocycles. The normalized spacial score (nSPS) is 26.2. The van der Waals surface area contributed by atoms with E-state index in [1.807, 2.05) is 10.6 Å². The maximum Gasteiger partial charge on any atom is 1.00 e. The minimum atomic E-state index is -5.60. The number of aromatic nitrogens is 1. The maximum absolute atomic E-state index is 14.7. The number of amides is 8. The number of ether oxygens (including phenoxy) is 1. The molecular weight excluding hydrogens is 1220 g/mol. The van der Waals surface area contributed by atoms with Gasteiger partial charge >= 0.3 is 29.6 Å². The van der Waals surface area contributed by atoms with Gasteiger partial charge in [-0.2, -0.15) is 0 Å². The van der Waals surface area contributed by atoms with Crippen molar-refractivity contribution in [2.75, 3.05) is 19.7 Å². The number of primary amides is 1. The fraction of sp³-hybridized carbons (Fsp3) is 0.482. The smallest absolute Gasteiger partial charge is 0.716 e. The number of hydrogen-bond acceptors (Lipinski definition) is 24. The van der Waals surface area contributed by atoms with Crippen LogP contribution in [0.1, 0.15) is 81.3 Å². The molecule has 0 radical (unpaired) electrons. The molecule has 0 bridgehead atoms. The van der Waals surface area contributed by atoms with Gasteiger partial charge in [-0.25, -0.2) is 8.42 Å². The van der Waals surface area contributed by atoms with Gasteiger partial charge in [-0.05, 0) is 67.4 Å². The van der Waals surface area contributed by atoms with Crippen LogP contribution >= 0.6 is 0 Å². The zero-order valence-electron chi connectivity index (χ0n) is 49.0. The zero-order valence-corrected chi connectivity index (χ0v) is 51.8. The number of phenolic OH excluding ortho intramolecular Hbond substituents is 1. The molecule has 32 nitrogen and oxygen atoms in total. The average molecular weight is 1290 g/mol. The SMILES string of the molecule is CCCCCOc1ccc(-c2cc(-c3ccc(C(=O)N[C@H]4C[C@@H](O)[C@H](O)NC(=O)[C@@H]5[C@@H](O)[C@@H](C)CN5C(=O)[C@H]([C@H](O)CC(N)=O)NC(=O)[C@H]([C@H](O)[C@@H](O)c5ccc(O)c(OS(=O)(=O)[O-])c5)NC(=O)[C@@H]5C[C@@H](O)CN5C(=O)[C@H]([C@@H](C)O)NC4=O)cc3)no2)cc1.[Na+]. The summed E-state index contributed by atoms with van der Waals surface area (Å²) in [5, 5.41) is 116. The first-order chi connectivity index (χ1) is 42.0. The van der Waals surface area contributed by atoms with Crippen molar-refractivity contribution in [2.24, 2.45) is 11.7 Å². The summed E-state index contributed by atoms with van der Waals surface area (Å²) in [4.78, 5) is 115. The van der Waals surface area contributed by atoms with E-state index in [4.69, 9.17) is 15.0 Å². The van der Waals surface area contributed by atoms with Gasteiger partial charge in [0.2, 0.25) is 41.4 Å². The number of fused-ring (bicyclic) bond motifs is 2. The average Bonchev–Trinajstić information content (AvgIpc) is 2.24. The number of carbonyl (C=O) groups is 8. The van der Waals surface area contributed by atoms with Crippen LogP contribution < -0.4 is 70.8 Å². The van der Waals surface area contributed by atoms with Crippen LogP contribution in [0.3, 0.4) is 0 Å². The van der Waals surface area contributed by atoms with Crippen molar-refractivity contribution in [3.8, 4) is 39.8 Å². The Bertz CT molecular complexity index is 3340. The first kappa shape index (κ1) is 71.7. The van der Waals surface area contributed by atoms with Gasteiger partial charge < -0.3 is 106 Å². The summed E-state index contributed by atoms with van der Waals surface area (Å²) in [6.45, 7) is 3.72. The summed E-state index contributed by atoms with van der Waals surface area (Å²) >= 11 is 0. The second-order valence-corrected chi connectivity index (χ2v) is 22.9. The van der Waals surface area contributed by atoms with E-state index in [1.54, 1.807) is 30.3 Å². The molecule has 4 heterocycles. The van der Waals surface area contributed by atoms with Gasteiger partial charge in [-0.1, -0.05) is 50.0 Å². The standard InChI is InChI=1S/C56H71N9O23S.Na/c1-4-5-6-17-86-32-14-11-28(12-15-32)39-21-33(63-87-39)27-7-9-29(10-8-27)49(75)58-34-20-38(70)52(78)62-54(80)45-46(72)25(2)23-65(45)56(82)43(37(69)22-41(57)71)60-53(79)44(48(74)47(73)30-13-16-36(68)40(18-30)88-89(83,84)85)61-51(77)35-19-31(67)24-64(35)55(81)42(26(3)66)59-50(34)76;/h7-16,18,21,25-26,31,34-35,37-38,42-48,52,66-70,72-74,78H,4-6,17,19-20,22-24H2,1-3H3,(H2,57,71)(H,58,75)(H,59,76)(H,60,79)(H,61,77)(H,62,80)(H,83,84,85);/q;+1/p-1/t25-,26+,31+,34-,35-,37+,38+,42-,43-,44-,45-,46-,47-,48-,52-;/m0./s1. The summed E-state index contributed by atoms with van der Waals surface area (Å²) in [6.07, 6.45) is -17.3. The number of rotatable bonds is 18. The Morgan fingerprint density at radius 2 is 1.43 bits per heavy atom. The van der Waals surface area contributed by atoms with Crippen molar-refractivity contribution >= 4 is 57.7 Å². The van der Waals surface area contributed by atoms with E-state index in [0.717, 1.165) is 32.3 Å². The Balaban J connectivity index is 0.0000129. The Kier molecular flexibility index (Phi) is 24.8. The van der Waals surface area contributed by atoms with Gasteiger partial charge in [0.05, 0.1) is 37.4 Å². The van der Waals surface area contributed by atoms with E-state index in [1.165, 1.54) is 31.2 Å². The number of carbonyl (C=O) groups excluding carboxylic acids is 8. The van der Waals surface area contributed by atoms with Crippen molar-refractivity contribution in [1.82, 2.24) is 41.5 Å². The molecule has 1 aromatic heterocycles. The first-order valence-electron chi connectivity index (χ1n) is 28.1. The third kappa shape index (κ3) is 17.8. The molecule has 0 unspecified atom stereocenters. The molecule has 16 N–H and O–H groups in total. The zero-order chi connectivity index (χ0) is 65.3. The molecule has 90 heavy (non-hydrogen) atoms. The summed E-state index contributed by atoms with van der Waals surface area (Å²) < 4.78 is 49.9. The van der Waals surface area contributed by atoms with E-state index >= 15 is 0 Å². The summed E-state index contributed by atoms with van der Waals surface area (Å²) in [6, 6.07) is 3.38. The van der Waals surface area contributed by atoms with Crippen molar-refractivity contribution in [2.45, 2.75) is 145 Å². The summed E-state index contributed by atoms with van der Waals surface area (Å²) in [7, 11) is -5.60. The van der Waals surface area contributed by atoms with Crippen molar-refractivity contribution in [3.05, 3.63) is 83.9 Å². The van der Waals surface area contributed by atoms with Crippen molar-refractivity contribution in [1.29, 1.82) is 0 Å². The molecule has 3 aliphatic rings. The Morgan fingerprint density at radius 3 is 2.07 bits per heavy atom. The fourth-order valence-corrected chi connectivity index (χ4v) is 10.7. The van der Waals surface area contributed by atoms with E-state index in [2.05, 4.69) is 32.2 Å². The van der Waals surface area contributed by atoms with Crippen molar-refractivity contribution in [3.63, 3.8) is 0 Å². The van der Waals surface area contributed by atoms with E-state index < -0.39 is 198 Å². The second kappa shape index (κ2) is 31.1. The quantitative estimate of drug-likeness (QED) is 0.0190.